The number of rotatable bonds is 7. The summed E-state index contributed by atoms with van der Waals surface area (Å²) in [6.45, 7) is 5.08. The summed E-state index contributed by atoms with van der Waals surface area (Å²) in [5, 5.41) is 2.98. The first-order valence-electron chi connectivity index (χ1n) is 7.58. The van der Waals surface area contributed by atoms with Gasteiger partial charge in [0.05, 0.1) is 24.8 Å². The molecule has 22 heavy (non-hydrogen) atoms. The van der Waals surface area contributed by atoms with Gasteiger partial charge in [0, 0.05) is 32.6 Å². The number of hydrogen-bond donors (Lipinski definition) is 1. The zero-order chi connectivity index (χ0) is 15.8. The molecule has 1 fully saturated rings. The molecule has 0 aliphatic carbocycles. The second kappa shape index (κ2) is 9.12. The topological polar surface area (TPSA) is 50.8 Å². The Bertz CT molecular complexity index is 490. The van der Waals surface area contributed by atoms with E-state index in [-0.39, 0.29) is 5.91 Å². The highest BCUT2D eigenvalue weighted by molar-refractivity contribution is 9.10. The van der Waals surface area contributed by atoms with Crippen molar-refractivity contribution < 1.29 is 14.3 Å². The highest BCUT2D eigenvalue weighted by Crippen LogP contribution is 2.25. The van der Waals surface area contributed by atoms with Gasteiger partial charge in [0.25, 0.3) is 0 Å². The molecule has 1 aliphatic rings. The van der Waals surface area contributed by atoms with E-state index in [1.807, 2.05) is 18.2 Å². The van der Waals surface area contributed by atoms with Crippen LogP contribution in [0.3, 0.4) is 0 Å². The summed E-state index contributed by atoms with van der Waals surface area (Å²) in [6.07, 6.45) is 1.23. The summed E-state index contributed by atoms with van der Waals surface area (Å²) in [7, 11) is 1.64. The monoisotopic (exact) mass is 370 g/mol. The van der Waals surface area contributed by atoms with Crippen molar-refractivity contribution in [1.29, 1.82) is 0 Å². The van der Waals surface area contributed by atoms with Crippen LogP contribution in [0, 0.1) is 0 Å². The largest absolute Gasteiger partial charge is 0.496 e. The Morgan fingerprint density at radius 3 is 2.86 bits per heavy atom. The lowest BCUT2D eigenvalue weighted by molar-refractivity contribution is -0.121. The van der Waals surface area contributed by atoms with Crippen LogP contribution in [-0.2, 0) is 16.0 Å². The zero-order valence-corrected chi connectivity index (χ0v) is 14.5. The highest BCUT2D eigenvalue weighted by Gasteiger charge is 2.10. The third-order valence-corrected chi connectivity index (χ3v) is 4.33. The fourth-order valence-electron chi connectivity index (χ4n) is 2.39. The standard InChI is InChI=1S/C16H23BrN2O3/c1-21-15-4-2-13(12-14(15)17)3-5-16(20)18-6-7-19-8-10-22-11-9-19/h2,4,12H,3,5-11H2,1H3,(H,18,20). The summed E-state index contributed by atoms with van der Waals surface area (Å²) in [4.78, 5) is 14.2. The van der Waals surface area contributed by atoms with Crippen molar-refractivity contribution in [2.24, 2.45) is 0 Å². The van der Waals surface area contributed by atoms with E-state index < -0.39 is 0 Å². The Morgan fingerprint density at radius 1 is 1.41 bits per heavy atom. The van der Waals surface area contributed by atoms with Crippen molar-refractivity contribution in [2.75, 3.05) is 46.5 Å². The van der Waals surface area contributed by atoms with Crippen molar-refractivity contribution in [1.82, 2.24) is 10.2 Å². The minimum atomic E-state index is 0.0974. The predicted octanol–water partition coefficient (Wildman–Crippen LogP) is 1.84. The second-order valence-electron chi connectivity index (χ2n) is 5.27. The lowest BCUT2D eigenvalue weighted by Gasteiger charge is -2.26. The van der Waals surface area contributed by atoms with Crippen LogP contribution in [0.2, 0.25) is 0 Å². The number of benzene rings is 1. The van der Waals surface area contributed by atoms with Crippen molar-refractivity contribution >= 4 is 21.8 Å². The molecule has 1 heterocycles. The Hall–Kier alpha value is -1.11. The van der Waals surface area contributed by atoms with Gasteiger partial charge in [-0.15, -0.1) is 0 Å². The highest BCUT2D eigenvalue weighted by atomic mass is 79.9. The van der Waals surface area contributed by atoms with E-state index in [1.165, 1.54) is 0 Å². The Kier molecular flexibility index (Phi) is 7.15. The van der Waals surface area contributed by atoms with Gasteiger partial charge in [-0.1, -0.05) is 6.07 Å². The zero-order valence-electron chi connectivity index (χ0n) is 12.9. The molecule has 0 unspecified atom stereocenters. The smallest absolute Gasteiger partial charge is 0.220 e. The molecule has 2 rings (SSSR count). The Balaban J connectivity index is 1.65. The molecule has 1 aliphatic heterocycles. The van der Waals surface area contributed by atoms with Gasteiger partial charge in [-0.25, -0.2) is 0 Å². The van der Waals surface area contributed by atoms with Crippen molar-refractivity contribution in [3.63, 3.8) is 0 Å². The number of carbonyl (C=O) groups excluding carboxylic acids is 1. The third kappa shape index (κ3) is 5.59. The van der Waals surface area contributed by atoms with E-state index in [4.69, 9.17) is 9.47 Å². The Labute approximate surface area is 140 Å². The third-order valence-electron chi connectivity index (χ3n) is 3.71. The van der Waals surface area contributed by atoms with E-state index in [0.29, 0.717) is 13.0 Å². The van der Waals surface area contributed by atoms with E-state index in [0.717, 1.165) is 55.1 Å². The molecule has 0 aromatic heterocycles. The fourth-order valence-corrected chi connectivity index (χ4v) is 2.98. The van der Waals surface area contributed by atoms with E-state index >= 15 is 0 Å². The number of carbonyl (C=O) groups is 1. The molecule has 0 saturated carbocycles. The van der Waals surface area contributed by atoms with Gasteiger partial charge in [0.1, 0.15) is 5.75 Å². The Morgan fingerprint density at radius 2 is 2.18 bits per heavy atom. The molecule has 5 nitrogen and oxygen atoms in total. The van der Waals surface area contributed by atoms with Crippen LogP contribution in [0.15, 0.2) is 22.7 Å². The quantitative estimate of drug-likeness (QED) is 0.795. The summed E-state index contributed by atoms with van der Waals surface area (Å²) < 4.78 is 11.4. The first-order valence-corrected chi connectivity index (χ1v) is 8.37. The number of nitrogens with zero attached hydrogens (tertiary/aromatic N) is 1. The van der Waals surface area contributed by atoms with Crippen LogP contribution in [0.1, 0.15) is 12.0 Å². The van der Waals surface area contributed by atoms with Crippen molar-refractivity contribution in [3.8, 4) is 5.75 Å². The average molecular weight is 371 g/mol. The van der Waals surface area contributed by atoms with Gasteiger partial charge in [-0.05, 0) is 40.0 Å². The number of ether oxygens (including phenoxy) is 2. The van der Waals surface area contributed by atoms with Crippen LogP contribution in [0.4, 0.5) is 0 Å². The maximum atomic E-state index is 11.9. The first-order chi connectivity index (χ1) is 10.7. The fraction of sp³-hybridized carbons (Fsp3) is 0.562. The number of morpholine rings is 1. The molecule has 0 bridgehead atoms. The van der Waals surface area contributed by atoms with E-state index in [2.05, 4.69) is 26.1 Å². The number of nitrogens with one attached hydrogen (secondary N) is 1. The minimum absolute atomic E-state index is 0.0974. The van der Waals surface area contributed by atoms with Crippen LogP contribution in [0.25, 0.3) is 0 Å². The van der Waals surface area contributed by atoms with Gasteiger partial charge in [0.15, 0.2) is 0 Å². The summed E-state index contributed by atoms with van der Waals surface area (Å²) in [5.74, 6) is 0.902. The van der Waals surface area contributed by atoms with Gasteiger partial charge in [0.2, 0.25) is 5.91 Å². The van der Waals surface area contributed by atoms with Crippen LogP contribution in [0.5, 0.6) is 5.75 Å². The van der Waals surface area contributed by atoms with Crippen LogP contribution in [-0.4, -0.2) is 57.3 Å². The predicted molar refractivity (Wildman–Crippen MR) is 89.3 cm³/mol. The molecule has 1 N–H and O–H groups in total. The maximum absolute atomic E-state index is 11.9. The van der Waals surface area contributed by atoms with Crippen LogP contribution < -0.4 is 10.1 Å². The molecule has 0 atom stereocenters. The van der Waals surface area contributed by atoms with Gasteiger partial charge >= 0.3 is 0 Å². The molecule has 6 heteroatoms. The number of amides is 1. The molecular formula is C16H23BrN2O3. The molecule has 1 saturated heterocycles. The maximum Gasteiger partial charge on any atom is 0.220 e. The minimum Gasteiger partial charge on any atom is -0.496 e. The summed E-state index contributed by atoms with van der Waals surface area (Å²) >= 11 is 3.46. The number of halogens is 1. The van der Waals surface area contributed by atoms with Crippen molar-refractivity contribution in [2.45, 2.75) is 12.8 Å². The van der Waals surface area contributed by atoms with E-state index in [9.17, 15) is 4.79 Å². The van der Waals surface area contributed by atoms with Gasteiger partial charge < -0.3 is 14.8 Å². The lowest BCUT2D eigenvalue weighted by Crippen LogP contribution is -2.41. The molecule has 122 valence electrons. The molecular weight excluding hydrogens is 348 g/mol. The molecule has 1 aromatic rings. The van der Waals surface area contributed by atoms with E-state index in [1.54, 1.807) is 7.11 Å². The van der Waals surface area contributed by atoms with Gasteiger partial charge in [-0.3, -0.25) is 9.69 Å². The average Bonchev–Trinajstić information content (AvgIpc) is 2.54. The number of aryl methyl sites for hydroxylation is 1. The normalized spacial score (nSPS) is 15.5. The lowest BCUT2D eigenvalue weighted by atomic mass is 10.1. The SMILES string of the molecule is COc1ccc(CCC(=O)NCCN2CCOCC2)cc1Br. The second-order valence-corrected chi connectivity index (χ2v) is 6.13. The molecule has 1 amide bonds. The number of hydrogen-bond acceptors (Lipinski definition) is 4. The van der Waals surface area contributed by atoms with Gasteiger partial charge in [-0.2, -0.15) is 0 Å². The molecule has 0 spiro atoms. The summed E-state index contributed by atoms with van der Waals surface area (Å²) in [6, 6.07) is 5.90. The summed E-state index contributed by atoms with van der Waals surface area (Å²) in [5.41, 5.74) is 1.12. The number of methoxy groups -OCH3 is 1. The molecule has 1 aromatic carbocycles. The molecule has 0 radical (unpaired) electrons. The first kappa shape index (κ1) is 17.2. The van der Waals surface area contributed by atoms with Crippen LogP contribution >= 0.6 is 15.9 Å². The van der Waals surface area contributed by atoms with Crippen molar-refractivity contribution in [3.05, 3.63) is 28.2 Å².